The molecule has 6 aromatic rings. The van der Waals surface area contributed by atoms with Crippen LogP contribution in [-0.4, -0.2) is 59.6 Å². The number of carboxylic acid groups (broad SMARTS) is 2. The minimum Gasteiger partial charge on any atom is -0.545 e. The molecule has 4 aromatic carbocycles. The summed E-state index contributed by atoms with van der Waals surface area (Å²) in [6, 6.07) is 30.7. The van der Waals surface area contributed by atoms with Crippen molar-refractivity contribution >= 4 is 105 Å². The molecule has 0 fully saturated rings. The predicted octanol–water partition coefficient (Wildman–Crippen LogP) is 3.92. The average Bonchev–Trinajstić information content (AvgIpc) is 2.93. The van der Waals surface area contributed by atoms with Gasteiger partial charge in [0.2, 0.25) is 0 Å². The van der Waals surface area contributed by atoms with E-state index in [0.29, 0.717) is 0 Å². The predicted molar refractivity (Wildman–Crippen MR) is 152 cm³/mol. The van der Waals surface area contributed by atoms with Gasteiger partial charge < -0.3 is 19.8 Å². The van der Waals surface area contributed by atoms with E-state index in [1.165, 1.54) is 0 Å². The summed E-state index contributed by atoms with van der Waals surface area (Å²) in [6.45, 7) is 0. The zero-order valence-electron chi connectivity index (χ0n) is 20.8. The summed E-state index contributed by atoms with van der Waals surface area (Å²) in [6.07, 6.45) is 5.24. The van der Waals surface area contributed by atoms with Crippen LogP contribution in [0.3, 0.4) is 0 Å². The van der Waals surface area contributed by atoms with Gasteiger partial charge in [-0.2, -0.15) is 0 Å². The molecule has 0 atom stereocenters. The summed E-state index contributed by atoms with van der Waals surface area (Å²) >= 11 is 0. The van der Waals surface area contributed by atoms with E-state index in [4.69, 9.17) is 0 Å². The van der Waals surface area contributed by atoms with Crippen molar-refractivity contribution in [3.8, 4) is 0 Å². The Morgan fingerprint density at radius 3 is 1.00 bits per heavy atom. The number of carbonyl (C=O) groups excluding carboxylic acids is 2. The van der Waals surface area contributed by atoms with Crippen LogP contribution in [-0.2, 0) is 9.59 Å². The van der Waals surface area contributed by atoms with Crippen molar-refractivity contribution in [2.45, 2.75) is 0 Å². The number of benzene rings is 4. The van der Waals surface area contributed by atoms with Crippen LogP contribution in [0.2, 0.25) is 0 Å². The number of carbonyl (C=O) groups is 2. The molecule has 0 N–H and O–H groups in total. The smallest absolute Gasteiger partial charge is 0.545 e. The fourth-order valence-electron chi connectivity index (χ4n) is 4.41. The van der Waals surface area contributed by atoms with E-state index in [1.54, 1.807) is 12.2 Å². The molecule has 184 valence electrons. The number of carboxylic acids is 2. The minimum atomic E-state index is -1.20. The van der Waals surface area contributed by atoms with E-state index in [-0.39, 0.29) is 37.7 Å². The quantitative estimate of drug-likeness (QED) is 0.192. The SMILES string of the molecule is O=C([O-])C=Cc1c2ccccc2nc2ccccc12.O=C([O-])C=Cc1c2ccccc2nc2ccccc12.[Ca+2]. The van der Waals surface area contributed by atoms with Crippen molar-refractivity contribution in [1.29, 1.82) is 0 Å². The number of rotatable bonds is 4. The number of aliphatic carboxylic acids is 2. The van der Waals surface area contributed by atoms with Crippen LogP contribution in [0.4, 0.5) is 0 Å². The summed E-state index contributed by atoms with van der Waals surface area (Å²) < 4.78 is 0. The fourth-order valence-corrected chi connectivity index (χ4v) is 4.41. The van der Waals surface area contributed by atoms with Gasteiger partial charge in [-0.25, -0.2) is 9.97 Å². The monoisotopic (exact) mass is 536 g/mol. The van der Waals surface area contributed by atoms with Gasteiger partial charge in [-0.3, -0.25) is 0 Å². The molecule has 0 aliphatic carbocycles. The average molecular weight is 537 g/mol. The molecule has 0 spiro atoms. The van der Waals surface area contributed by atoms with Crippen molar-refractivity contribution in [2.24, 2.45) is 0 Å². The molecule has 0 saturated heterocycles. The Balaban J connectivity index is 0.000000176. The number of para-hydroxylation sites is 4. The van der Waals surface area contributed by atoms with Crippen LogP contribution >= 0.6 is 0 Å². The van der Waals surface area contributed by atoms with E-state index in [9.17, 15) is 19.8 Å². The molecule has 0 radical (unpaired) electrons. The van der Waals surface area contributed by atoms with Gasteiger partial charge in [-0.1, -0.05) is 84.9 Å². The Kier molecular flexibility index (Phi) is 9.04. The van der Waals surface area contributed by atoms with Gasteiger partial charge in [0.05, 0.1) is 34.0 Å². The molecule has 6 nitrogen and oxygen atoms in total. The molecule has 0 saturated carbocycles. The Labute approximate surface area is 253 Å². The summed E-state index contributed by atoms with van der Waals surface area (Å²) in [5.74, 6) is -2.41. The van der Waals surface area contributed by atoms with E-state index in [0.717, 1.165) is 66.9 Å². The van der Waals surface area contributed by atoms with Crippen molar-refractivity contribution in [2.75, 3.05) is 0 Å². The van der Waals surface area contributed by atoms with E-state index >= 15 is 0 Å². The number of nitrogens with zero attached hydrogens (tertiary/aromatic N) is 2. The van der Waals surface area contributed by atoms with E-state index < -0.39 is 11.9 Å². The fraction of sp³-hybridized carbons (Fsp3) is 0. The third-order valence-corrected chi connectivity index (χ3v) is 6.03. The molecule has 2 heterocycles. The molecule has 0 amide bonds. The normalized spacial score (nSPS) is 11.1. The minimum absolute atomic E-state index is 0. The molecular formula is C32H20CaN2O4. The molecule has 39 heavy (non-hydrogen) atoms. The van der Waals surface area contributed by atoms with Crippen LogP contribution in [0.1, 0.15) is 11.1 Å². The van der Waals surface area contributed by atoms with Gasteiger partial charge in [-0.05, 0) is 47.5 Å². The zero-order valence-corrected chi connectivity index (χ0v) is 23.0. The third kappa shape index (κ3) is 6.32. The topological polar surface area (TPSA) is 106 Å². The molecule has 6 rings (SSSR count). The van der Waals surface area contributed by atoms with Gasteiger partial charge in [0.15, 0.2) is 0 Å². The Bertz CT molecular complexity index is 1650. The van der Waals surface area contributed by atoms with Gasteiger partial charge in [-0.15, -0.1) is 0 Å². The van der Waals surface area contributed by atoms with Crippen LogP contribution in [0, 0.1) is 0 Å². The maximum absolute atomic E-state index is 10.6. The molecule has 0 aliphatic rings. The second kappa shape index (κ2) is 12.6. The second-order valence-electron chi connectivity index (χ2n) is 8.42. The first-order valence-electron chi connectivity index (χ1n) is 11.8. The maximum atomic E-state index is 10.6. The van der Waals surface area contributed by atoms with Crippen molar-refractivity contribution in [3.05, 3.63) is 120 Å². The van der Waals surface area contributed by atoms with Crippen molar-refractivity contribution in [3.63, 3.8) is 0 Å². The maximum Gasteiger partial charge on any atom is 2.00 e. The van der Waals surface area contributed by atoms with Crippen LogP contribution < -0.4 is 10.2 Å². The van der Waals surface area contributed by atoms with Crippen LogP contribution in [0.25, 0.3) is 55.8 Å². The zero-order chi connectivity index (χ0) is 26.5. The van der Waals surface area contributed by atoms with Gasteiger partial charge in [0, 0.05) is 21.5 Å². The first-order valence-corrected chi connectivity index (χ1v) is 11.8. The summed E-state index contributed by atoms with van der Waals surface area (Å²) in [4.78, 5) is 30.4. The molecule has 0 bridgehead atoms. The van der Waals surface area contributed by atoms with Crippen molar-refractivity contribution < 1.29 is 19.8 Å². The first-order chi connectivity index (χ1) is 18.5. The van der Waals surface area contributed by atoms with Crippen LogP contribution in [0.15, 0.2) is 109 Å². The third-order valence-electron chi connectivity index (χ3n) is 6.03. The van der Waals surface area contributed by atoms with E-state index in [2.05, 4.69) is 9.97 Å². The van der Waals surface area contributed by atoms with Crippen LogP contribution in [0.5, 0.6) is 0 Å². The van der Waals surface area contributed by atoms with E-state index in [1.807, 2.05) is 97.1 Å². The number of fused-ring (bicyclic) bond motifs is 4. The number of hydrogen-bond acceptors (Lipinski definition) is 6. The summed E-state index contributed by atoms with van der Waals surface area (Å²) in [5, 5.41) is 25.0. The number of aromatic nitrogens is 2. The molecular weight excluding hydrogens is 516 g/mol. The molecule has 0 aliphatic heterocycles. The molecule has 2 aromatic heterocycles. The molecule has 0 unspecified atom stereocenters. The first kappa shape index (κ1) is 27.9. The number of hydrogen-bond donors (Lipinski definition) is 0. The summed E-state index contributed by atoms with van der Waals surface area (Å²) in [5.41, 5.74) is 5.09. The standard InChI is InChI=1S/2C16H11NO2.Ca/c2*18-16(19)10-9-11-12-5-1-3-7-14(12)17-15-8-4-2-6-13(11)15;/h2*1-10H,(H,18,19);/q;;+2/p-2. The van der Waals surface area contributed by atoms with Gasteiger partial charge in [0.1, 0.15) is 0 Å². The Morgan fingerprint density at radius 2 is 0.744 bits per heavy atom. The Morgan fingerprint density at radius 1 is 0.487 bits per heavy atom. The Hall–Kier alpha value is -4.10. The van der Waals surface area contributed by atoms with Crippen molar-refractivity contribution in [1.82, 2.24) is 9.97 Å². The second-order valence-corrected chi connectivity index (χ2v) is 8.42. The molecule has 7 heteroatoms. The number of pyridine rings is 2. The summed E-state index contributed by atoms with van der Waals surface area (Å²) in [7, 11) is 0. The van der Waals surface area contributed by atoms with Gasteiger partial charge >= 0.3 is 37.7 Å². The largest absolute Gasteiger partial charge is 2.00 e. The van der Waals surface area contributed by atoms with Gasteiger partial charge in [0.25, 0.3) is 0 Å².